The second-order valence-electron chi connectivity index (χ2n) is 7.96. The third kappa shape index (κ3) is 7.18. The lowest BCUT2D eigenvalue weighted by Gasteiger charge is -2.29. The van der Waals surface area contributed by atoms with Crippen LogP contribution in [0.15, 0.2) is 48.5 Å². The maximum absolute atomic E-state index is 12.9. The number of ether oxygens (including phenoxy) is 1. The van der Waals surface area contributed by atoms with Gasteiger partial charge in [0.05, 0.1) is 0 Å². The average molecular weight is 443 g/mol. The summed E-state index contributed by atoms with van der Waals surface area (Å²) in [6.45, 7) is 7.07. The van der Waals surface area contributed by atoms with Crippen LogP contribution >= 0.6 is 0 Å². The Morgan fingerprint density at radius 1 is 1.03 bits per heavy atom. The highest BCUT2D eigenvalue weighted by Gasteiger charge is 2.27. The number of carbonyl (C=O) groups excluding carboxylic acids is 1. The van der Waals surface area contributed by atoms with Gasteiger partial charge >= 0.3 is 12.1 Å². The van der Waals surface area contributed by atoms with Gasteiger partial charge in [-0.25, -0.2) is 14.5 Å². The van der Waals surface area contributed by atoms with Crippen LogP contribution in [0.3, 0.4) is 0 Å². The molecule has 7 nitrogen and oxygen atoms in total. The highest BCUT2D eigenvalue weighted by Crippen LogP contribution is 2.31. The summed E-state index contributed by atoms with van der Waals surface area (Å²) in [6.07, 6.45) is 0.635. The molecule has 0 bridgehead atoms. The monoisotopic (exact) mass is 442 g/mol. The van der Waals surface area contributed by atoms with E-state index >= 15 is 0 Å². The summed E-state index contributed by atoms with van der Waals surface area (Å²) in [5.41, 5.74) is 1.64. The molecule has 0 aliphatic carbocycles. The lowest BCUT2D eigenvalue weighted by atomic mass is 10.1. The molecule has 3 amide bonds. The van der Waals surface area contributed by atoms with Crippen molar-refractivity contribution in [1.29, 1.82) is 0 Å². The number of aromatic hydroxyl groups is 1. The number of carboxylic acid groups (broad SMARTS) is 1. The SMILES string of the molecule is CCCN(CCc1cccc(OCc2ccccc2)c1O)C(=O)N(CC(C)CC)C(=O)O. The standard InChI is InChI=1S/C25H34N2O5/c1-4-15-26(24(29)27(25(30)31)17-19(3)5-2)16-14-21-12-9-13-22(23(21)28)32-18-20-10-7-6-8-11-20/h6-13,19,28H,4-5,14-18H2,1-3H3,(H,30,31). The number of benzene rings is 2. The molecule has 0 fully saturated rings. The maximum atomic E-state index is 12.9. The number of para-hydroxylation sites is 1. The summed E-state index contributed by atoms with van der Waals surface area (Å²) >= 11 is 0. The number of amides is 3. The number of rotatable bonds is 11. The van der Waals surface area contributed by atoms with Crippen molar-refractivity contribution >= 4 is 12.1 Å². The van der Waals surface area contributed by atoms with Crippen molar-refractivity contribution in [2.45, 2.75) is 46.6 Å². The van der Waals surface area contributed by atoms with Gasteiger partial charge in [0.1, 0.15) is 6.61 Å². The molecule has 0 heterocycles. The quantitative estimate of drug-likeness (QED) is 0.488. The van der Waals surface area contributed by atoms with Gasteiger partial charge < -0.3 is 19.8 Å². The fourth-order valence-corrected chi connectivity index (χ4v) is 3.30. The molecule has 0 saturated heterocycles. The molecule has 2 aromatic rings. The van der Waals surface area contributed by atoms with Gasteiger partial charge in [0.25, 0.3) is 0 Å². The number of urea groups is 1. The highest BCUT2D eigenvalue weighted by atomic mass is 16.5. The molecule has 0 aliphatic heterocycles. The first-order chi connectivity index (χ1) is 15.4. The van der Waals surface area contributed by atoms with E-state index in [1.165, 1.54) is 4.90 Å². The van der Waals surface area contributed by atoms with Gasteiger partial charge in [0, 0.05) is 19.6 Å². The number of imide groups is 1. The van der Waals surface area contributed by atoms with Gasteiger partial charge in [-0.1, -0.05) is 69.7 Å². The molecule has 174 valence electrons. The van der Waals surface area contributed by atoms with Gasteiger partial charge in [0.2, 0.25) is 0 Å². The molecule has 2 N–H and O–H groups in total. The second kappa shape index (κ2) is 12.6. The van der Waals surface area contributed by atoms with Crippen molar-refractivity contribution in [1.82, 2.24) is 9.80 Å². The summed E-state index contributed by atoms with van der Waals surface area (Å²) in [5.74, 6) is 0.506. The van der Waals surface area contributed by atoms with Crippen molar-refractivity contribution in [3.63, 3.8) is 0 Å². The summed E-state index contributed by atoms with van der Waals surface area (Å²) in [6, 6.07) is 14.4. The Bertz CT molecular complexity index is 872. The second-order valence-corrected chi connectivity index (χ2v) is 7.96. The smallest absolute Gasteiger partial charge is 0.415 e. The van der Waals surface area contributed by atoms with Crippen molar-refractivity contribution in [2.24, 2.45) is 5.92 Å². The van der Waals surface area contributed by atoms with Gasteiger partial charge in [0.15, 0.2) is 11.5 Å². The number of hydrogen-bond donors (Lipinski definition) is 2. The molecular formula is C25H34N2O5. The third-order valence-corrected chi connectivity index (χ3v) is 5.39. The molecule has 2 rings (SSSR count). The van der Waals surface area contributed by atoms with Crippen LogP contribution in [0.2, 0.25) is 0 Å². The molecule has 0 aliphatic rings. The minimum absolute atomic E-state index is 0.0435. The van der Waals surface area contributed by atoms with Crippen molar-refractivity contribution in [2.75, 3.05) is 19.6 Å². The van der Waals surface area contributed by atoms with Crippen molar-refractivity contribution < 1.29 is 24.5 Å². The van der Waals surface area contributed by atoms with Crippen LogP contribution < -0.4 is 4.74 Å². The van der Waals surface area contributed by atoms with Crippen LogP contribution in [0, 0.1) is 5.92 Å². The van der Waals surface area contributed by atoms with Crippen LogP contribution in [0.1, 0.15) is 44.7 Å². The van der Waals surface area contributed by atoms with Crippen LogP contribution in [-0.2, 0) is 13.0 Å². The van der Waals surface area contributed by atoms with E-state index in [2.05, 4.69) is 0 Å². The molecule has 0 aromatic heterocycles. The first kappa shape index (κ1) is 25.0. The largest absolute Gasteiger partial charge is 0.504 e. The van der Waals surface area contributed by atoms with E-state index < -0.39 is 12.1 Å². The van der Waals surface area contributed by atoms with E-state index in [-0.39, 0.29) is 18.2 Å². The number of hydrogen-bond acceptors (Lipinski definition) is 4. The topological polar surface area (TPSA) is 90.3 Å². The number of phenolic OH excluding ortho intramolecular Hbond substituents is 1. The fourth-order valence-electron chi connectivity index (χ4n) is 3.30. The van der Waals surface area contributed by atoms with E-state index in [9.17, 15) is 19.8 Å². The van der Waals surface area contributed by atoms with E-state index in [1.807, 2.05) is 51.1 Å². The van der Waals surface area contributed by atoms with E-state index in [1.54, 1.807) is 18.2 Å². The zero-order valence-corrected chi connectivity index (χ0v) is 19.2. The molecule has 32 heavy (non-hydrogen) atoms. The van der Waals surface area contributed by atoms with Gasteiger partial charge in [-0.05, 0) is 36.0 Å². The van der Waals surface area contributed by atoms with Crippen LogP contribution in [0.5, 0.6) is 11.5 Å². The summed E-state index contributed by atoms with van der Waals surface area (Å²) in [7, 11) is 0. The first-order valence-corrected chi connectivity index (χ1v) is 11.1. The molecular weight excluding hydrogens is 408 g/mol. The predicted octanol–water partition coefficient (Wildman–Crippen LogP) is 5.37. The normalized spacial score (nSPS) is 11.6. The molecule has 0 saturated carbocycles. The predicted molar refractivity (Wildman–Crippen MR) is 124 cm³/mol. The molecule has 7 heteroatoms. The molecule has 0 radical (unpaired) electrons. The van der Waals surface area contributed by atoms with Crippen molar-refractivity contribution in [3.8, 4) is 11.5 Å². The molecule has 0 spiro atoms. The summed E-state index contributed by atoms with van der Waals surface area (Å²) < 4.78 is 5.77. The van der Waals surface area contributed by atoms with Gasteiger partial charge in [-0.2, -0.15) is 0 Å². The van der Waals surface area contributed by atoms with Crippen LogP contribution in [0.25, 0.3) is 0 Å². The molecule has 1 atom stereocenters. The average Bonchev–Trinajstić information content (AvgIpc) is 2.80. The Morgan fingerprint density at radius 2 is 1.75 bits per heavy atom. The number of nitrogens with zero attached hydrogens (tertiary/aromatic N) is 2. The maximum Gasteiger partial charge on any atom is 0.415 e. The fraction of sp³-hybridized carbons (Fsp3) is 0.440. The van der Waals surface area contributed by atoms with Crippen LogP contribution in [-0.4, -0.2) is 51.8 Å². The minimum Gasteiger partial charge on any atom is -0.504 e. The Morgan fingerprint density at radius 3 is 2.38 bits per heavy atom. The van der Waals surface area contributed by atoms with E-state index in [0.29, 0.717) is 43.9 Å². The summed E-state index contributed by atoms with van der Waals surface area (Å²) in [4.78, 5) is 27.1. The number of carbonyl (C=O) groups is 2. The summed E-state index contributed by atoms with van der Waals surface area (Å²) in [5, 5.41) is 20.2. The molecule has 1 unspecified atom stereocenters. The third-order valence-electron chi connectivity index (χ3n) is 5.39. The first-order valence-electron chi connectivity index (χ1n) is 11.1. The lowest BCUT2D eigenvalue weighted by molar-refractivity contribution is 0.122. The lowest BCUT2D eigenvalue weighted by Crippen LogP contribution is -2.48. The zero-order chi connectivity index (χ0) is 23.5. The molecule has 2 aromatic carbocycles. The van der Waals surface area contributed by atoms with E-state index in [0.717, 1.165) is 16.9 Å². The minimum atomic E-state index is -1.24. The van der Waals surface area contributed by atoms with Gasteiger partial charge in [-0.15, -0.1) is 0 Å². The zero-order valence-electron chi connectivity index (χ0n) is 19.2. The Hall–Kier alpha value is -3.22. The number of phenols is 1. The van der Waals surface area contributed by atoms with E-state index in [4.69, 9.17) is 4.74 Å². The van der Waals surface area contributed by atoms with Crippen molar-refractivity contribution in [3.05, 3.63) is 59.7 Å². The van der Waals surface area contributed by atoms with Crippen LogP contribution in [0.4, 0.5) is 9.59 Å². The highest BCUT2D eigenvalue weighted by molar-refractivity contribution is 5.90. The Kier molecular flexibility index (Phi) is 9.85. The van der Waals surface area contributed by atoms with Gasteiger partial charge in [-0.3, -0.25) is 0 Å². The Balaban J connectivity index is 2.07. The Labute approximate surface area is 190 Å².